The van der Waals surface area contributed by atoms with Crippen LogP contribution in [0.15, 0.2) is 35.4 Å². The number of hydrazone groups is 1. The minimum absolute atomic E-state index is 0.348. The third-order valence-corrected chi connectivity index (χ3v) is 4.60. The van der Waals surface area contributed by atoms with Crippen molar-refractivity contribution in [3.05, 3.63) is 45.0 Å². The fourth-order valence-corrected chi connectivity index (χ4v) is 3.34. The van der Waals surface area contributed by atoms with E-state index in [1.54, 1.807) is 44.7 Å². The molecule has 0 bridgehead atoms. The van der Waals surface area contributed by atoms with Gasteiger partial charge < -0.3 is 18.9 Å². The number of ether oxygens (including phenoxy) is 4. The van der Waals surface area contributed by atoms with Crippen LogP contribution in [0.3, 0.4) is 0 Å². The maximum absolute atomic E-state index is 12.4. The molecule has 29 heavy (non-hydrogen) atoms. The minimum atomic E-state index is -0.348. The van der Waals surface area contributed by atoms with Gasteiger partial charge in [-0.2, -0.15) is 5.10 Å². The Hall–Kier alpha value is -2.49. The Labute approximate surface area is 184 Å². The molecule has 0 aliphatic heterocycles. The van der Waals surface area contributed by atoms with Crippen LogP contribution < -0.4 is 24.4 Å². The molecule has 0 saturated heterocycles. The van der Waals surface area contributed by atoms with E-state index in [9.17, 15) is 4.79 Å². The molecule has 0 atom stereocenters. The maximum Gasteiger partial charge on any atom is 0.271 e. The van der Waals surface area contributed by atoms with E-state index in [2.05, 4.69) is 33.1 Å². The van der Waals surface area contributed by atoms with Crippen LogP contribution in [0.25, 0.3) is 0 Å². The summed E-state index contributed by atoms with van der Waals surface area (Å²) in [6.07, 6.45) is 2.43. The van der Waals surface area contributed by atoms with Crippen molar-refractivity contribution in [2.24, 2.45) is 5.10 Å². The molecule has 7 nitrogen and oxygen atoms in total. The second-order valence-corrected chi connectivity index (χ2v) is 7.04. The lowest BCUT2D eigenvalue weighted by atomic mass is 10.2. The van der Waals surface area contributed by atoms with Crippen LogP contribution in [0.4, 0.5) is 0 Å². The van der Waals surface area contributed by atoms with Crippen molar-refractivity contribution in [2.75, 3.05) is 27.4 Å². The van der Waals surface area contributed by atoms with Gasteiger partial charge in [-0.1, -0.05) is 6.92 Å². The van der Waals surface area contributed by atoms with Gasteiger partial charge in [0.25, 0.3) is 5.91 Å². The van der Waals surface area contributed by atoms with Gasteiger partial charge in [0, 0.05) is 5.56 Å². The molecule has 0 aliphatic carbocycles. The van der Waals surface area contributed by atoms with Gasteiger partial charge in [0.2, 0.25) is 0 Å². The molecule has 0 unspecified atom stereocenters. The normalized spacial score (nSPS) is 10.7. The molecule has 0 radical (unpaired) electrons. The Bertz CT molecular complexity index is 870. The van der Waals surface area contributed by atoms with Crippen molar-refractivity contribution in [1.82, 2.24) is 5.43 Å². The topological polar surface area (TPSA) is 78.4 Å². The zero-order valence-corrected chi connectivity index (χ0v) is 19.1. The molecule has 2 aromatic rings. The van der Waals surface area contributed by atoms with Crippen LogP contribution in [0, 0.1) is 3.57 Å². The van der Waals surface area contributed by atoms with Crippen LogP contribution in [-0.2, 0) is 0 Å². The number of rotatable bonds is 10. The highest BCUT2D eigenvalue weighted by Gasteiger charge is 2.12. The van der Waals surface area contributed by atoms with E-state index in [4.69, 9.17) is 18.9 Å². The molecule has 2 aromatic carbocycles. The number of nitrogens with one attached hydrogen (secondary N) is 1. The van der Waals surface area contributed by atoms with E-state index in [-0.39, 0.29) is 5.91 Å². The molecular formula is C21H25IN2O5. The van der Waals surface area contributed by atoms with Gasteiger partial charge in [0.1, 0.15) is 0 Å². The number of halogens is 1. The number of hydrogen-bond donors (Lipinski definition) is 1. The Kier molecular flexibility index (Phi) is 9.04. The first-order valence-corrected chi connectivity index (χ1v) is 10.3. The van der Waals surface area contributed by atoms with E-state index < -0.39 is 0 Å². The molecule has 0 fully saturated rings. The largest absolute Gasteiger partial charge is 0.493 e. The Morgan fingerprint density at radius 2 is 1.86 bits per heavy atom. The van der Waals surface area contributed by atoms with Crippen LogP contribution in [0.1, 0.15) is 36.2 Å². The molecule has 0 saturated carbocycles. The summed E-state index contributed by atoms with van der Waals surface area (Å²) >= 11 is 2.15. The zero-order chi connectivity index (χ0) is 21.2. The van der Waals surface area contributed by atoms with E-state index in [0.717, 1.165) is 15.6 Å². The second kappa shape index (κ2) is 11.5. The summed E-state index contributed by atoms with van der Waals surface area (Å²) in [5.74, 6) is 2.06. The lowest BCUT2D eigenvalue weighted by Crippen LogP contribution is -2.17. The summed E-state index contributed by atoms with van der Waals surface area (Å²) in [6, 6.07) is 8.72. The number of hydrogen-bond acceptors (Lipinski definition) is 6. The van der Waals surface area contributed by atoms with E-state index in [1.165, 1.54) is 0 Å². The summed E-state index contributed by atoms with van der Waals surface area (Å²) < 4.78 is 22.8. The summed E-state index contributed by atoms with van der Waals surface area (Å²) in [5, 5.41) is 4.04. The molecule has 8 heteroatoms. The SMILES string of the molecule is CCCOc1ccc(C(=O)N/N=C/c2cc(I)c(OC)c(OC)c2)cc1OCC. The average Bonchev–Trinajstić information content (AvgIpc) is 2.72. The van der Waals surface area contributed by atoms with Gasteiger partial charge in [0.05, 0.1) is 37.2 Å². The Morgan fingerprint density at radius 1 is 1.07 bits per heavy atom. The first-order chi connectivity index (χ1) is 14.0. The van der Waals surface area contributed by atoms with Gasteiger partial charge >= 0.3 is 0 Å². The summed E-state index contributed by atoms with van der Waals surface area (Å²) in [6.45, 7) is 4.97. The Morgan fingerprint density at radius 3 is 2.52 bits per heavy atom. The third-order valence-electron chi connectivity index (χ3n) is 3.80. The molecule has 0 spiro atoms. The second-order valence-electron chi connectivity index (χ2n) is 5.88. The van der Waals surface area contributed by atoms with Crippen LogP contribution in [0.2, 0.25) is 0 Å². The molecule has 0 aromatic heterocycles. The number of nitrogens with zero attached hydrogens (tertiary/aromatic N) is 1. The van der Waals surface area contributed by atoms with E-state index >= 15 is 0 Å². The van der Waals surface area contributed by atoms with Crippen molar-refractivity contribution >= 4 is 34.7 Å². The summed E-state index contributed by atoms with van der Waals surface area (Å²) in [5.41, 5.74) is 3.72. The highest BCUT2D eigenvalue weighted by Crippen LogP contribution is 2.33. The average molecular weight is 512 g/mol. The predicted molar refractivity (Wildman–Crippen MR) is 121 cm³/mol. The fourth-order valence-electron chi connectivity index (χ4n) is 2.49. The zero-order valence-electron chi connectivity index (χ0n) is 17.0. The van der Waals surface area contributed by atoms with Crippen molar-refractivity contribution in [3.8, 4) is 23.0 Å². The predicted octanol–water partition coefficient (Wildman–Crippen LogP) is 4.26. The van der Waals surface area contributed by atoms with Crippen molar-refractivity contribution in [2.45, 2.75) is 20.3 Å². The van der Waals surface area contributed by atoms with Crippen LogP contribution >= 0.6 is 22.6 Å². The van der Waals surface area contributed by atoms with Gasteiger partial charge in [-0.15, -0.1) is 0 Å². The molecule has 0 heterocycles. The quantitative estimate of drug-likeness (QED) is 0.293. The van der Waals surface area contributed by atoms with Crippen molar-refractivity contribution in [3.63, 3.8) is 0 Å². The number of benzene rings is 2. The van der Waals surface area contributed by atoms with E-state index in [0.29, 0.717) is 41.8 Å². The first kappa shape index (κ1) is 22.8. The summed E-state index contributed by atoms with van der Waals surface area (Å²) in [4.78, 5) is 12.4. The third kappa shape index (κ3) is 6.25. The monoisotopic (exact) mass is 512 g/mol. The Balaban J connectivity index is 2.12. The molecule has 0 aliphatic rings. The number of carbonyl (C=O) groups is 1. The number of carbonyl (C=O) groups excluding carboxylic acids is 1. The van der Waals surface area contributed by atoms with E-state index in [1.807, 2.05) is 19.9 Å². The first-order valence-electron chi connectivity index (χ1n) is 9.18. The highest BCUT2D eigenvalue weighted by atomic mass is 127. The van der Waals surface area contributed by atoms with Gasteiger partial charge in [-0.3, -0.25) is 4.79 Å². The minimum Gasteiger partial charge on any atom is -0.493 e. The summed E-state index contributed by atoms with van der Waals surface area (Å²) in [7, 11) is 3.16. The standard InChI is InChI=1S/C21H25IN2O5/c1-5-9-29-17-8-7-15(12-18(17)28-6-2)21(25)24-23-13-14-10-16(22)20(27-4)19(11-14)26-3/h7-8,10-13H,5-6,9H2,1-4H3,(H,24,25)/b23-13+. The van der Waals surface area contributed by atoms with Gasteiger partial charge in [-0.05, 0) is 71.8 Å². The van der Waals surface area contributed by atoms with Crippen molar-refractivity contribution < 1.29 is 23.7 Å². The smallest absolute Gasteiger partial charge is 0.271 e. The maximum atomic E-state index is 12.4. The molecule has 1 N–H and O–H groups in total. The highest BCUT2D eigenvalue weighted by molar-refractivity contribution is 14.1. The van der Waals surface area contributed by atoms with Crippen LogP contribution in [-0.4, -0.2) is 39.6 Å². The molecule has 2 rings (SSSR count). The lowest BCUT2D eigenvalue weighted by Gasteiger charge is -2.12. The molecular weight excluding hydrogens is 487 g/mol. The van der Waals surface area contributed by atoms with Gasteiger partial charge in [-0.25, -0.2) is 5.43 Å². The lowest BCUT2D eigenvalue weighted by molar-refractivity contribution is 0.0954. The fraction of sp³-hybridized carbons (Fsp3) is 0.333. The molecule has 156 valence electrons. The number of amides is 1. The molecule has 1 amide bonds. The van der Waals surface area contributed by atoms with Gasteiger partial charge in [0.15, 0.2) is 23.0 Å². The number of methoxy groups -OCH3 is 2. The van der Waals surface area contributed by atoms with Crippen molar-refractivity contribution in [1.29, 1.82) is 0 Å². The van der Waals surface area contributed by atoms with Crippen LogP contribution in [0.5, 0.6) is 23.0 Å².